The van der Waals surface area contributed by atoms with Crippen molar-refractivity contribution in [3.05, 3.63) is 39.9 Å². The molecule has 0 heterocycles. The van der Waals surface area contributed by atoms with Crippen molar-refractivity contribution in [2.24, 2.45) is 5.92 Å². The molecule has 1 rings (SSSR count). The van der Waals surface area contributed by atoms with Gasteiger partial charge in [0, 0.05) is 12.1 Å². The predicted molar refractivity (Wildman–Crippen MR) is 79.5 cm³/mol. The molecule has 0 saturated heterocycles. The molecular weight excluding hydrogens is 312 g/mol. The second-order valence-electron chi connectivity index (χ2n) is 5.05. The molecule has 0 aliphatic heterocycles. The average molecular weight is 330 g/mol. The summed E-state index contributed by atoms with van der Waals surface area (Å²) in [6.07, 6.45) is 0. The maximum absolute atomic E-state index is 12.1. The van der Waals surface area contributed by atoms with Gasteiger partial charge in [-0.15, -0.1) is 0 Å². The van der Waals surface area contributed by atoms with Gasteiger partial charge in [0.15, 0.2) is 0 Å². The highest BCUT2D eigenvalue weighted by Crippen LogP contribution is 2.14. The van der Waals surface area contributed by atoms with Gasteiger partial charge in [0.2, 0.25) is 10.0 Å². The summed E-state index contributed by atoms with van der Waals surface area (Å²) < 4.78 is 31.1. The summed E-state index contributed by atoms with van der Waals surface area (Å²) >= 11 is 0. The van der Waals surface area contributed by atoms with Crippen molar-refractivity contribution >= 4 is 21.7 Å². The van der Waals surface area contributed by atoms with E-state index in [-0.39, 0.29) is 17.4 Å². The second kappa shape index (κ2) is 7.32. The first kappa shape index (κ1) is 18.1. The molecule has 1 atom stereocenters. The minimum atomic E-state index is -3.79. The number of nitro benzene ring substituents is 1. The van der Waals surface area contributed by atoms with E-state index in [4.69, 9.17) is 0 Å². The van der Waals surface area contributed by atoms with E-state index in [9.17, 15) is 23.3 Å². The first-order valence-corrected chi connectivity index (χ1v) is 8.12. The van der Waals surface area contributed by atoms with Gasteiger partial charge in [-0.2, -0.15) is 0 Å². The van der Waals surface area contributed by atoms with Gasteiger partial charge in [-0.05, 0) is 11.5 Å². The van der Waals surface area contributed by atoms with Crippen molar-refractivity contribution in [2.45, 2.75) is 25.6 Å². The molecular formula is C13H18N2O6S. The molecule has 1 aromatic carbocycles. The third-order valence-electron chi connectivity index (χ3n) is 2.93. The number of rotatable bonds is 7. The highest BCUT2D eigenvalue weighted by molar-refractivity contribution is 7.88. The number of ether oxygens (including phenoxy) is 1. The standard InChI is InChI=1S/C13H18N2O6S/c1-9(2)12(13(16)21-3)14-22(19,20)8-10-4-6-11(7-5-10)15(17)18/h4-7,9,12,14H,8H2,1-3H3/t12-/m1/s1. The van der Waals surface area contributed by atoms with Gasteiger partial charge in [0.25, 0.3) is 5.69 Å². The Morgan fingerprint density at radius 1 is 1.32 bits per heavy atom. The van der Waals surface area contributed by atoms with Crippen LogP contribution in [0.1, 0.15) is 19.4 Å². The van der Waals surface area contributed by atoms with Gasteiger partial charge in [-0.3, -0.25) is 14.9 Å². The molecule has 1 aromatic rings. The Balaban J connectivity index is 2.86. The second-order valence-corrected chi connectivity index (χ2v) is 6.80. The van der Waals surface area contributed by atoms with E-state index in [2.05, 4.69) is 9.46 Å². The van der Waals surface area contributed by atoms with E-state index < -0.39 is 27.0 Å². The SMILES string of the molecule is COC(=O)[C@H](NS(=O)(=O)Cc1ccc([N+](=O)[O-])cc1)C(C)C. The number of carbonyl (C=O) groups excluding carboxylic acids is 1. The minimum Gasteiger partial charge on any atom is -0.468 e. The summed E-state index contributed by atoms with van der Waals surface area (Å²) in [6, 6.07) is 4.20. The number of nitrogens with one attached hydrogen (secondary N) is 1. The van der Waals surface area contributed by atoms with Crippen LogP contribution in [0.25, 0.3) is 0 Å². The first-order valence-electron chi connectivity index (χ1n) is 6.47. The number of hydrogen-bond acceptors (Lipinski definition) is 6. The fourth-order valence-corrected chi connectivity index (χ4v) is 3.22. The molecule has 0 saturated carbocycles. The highest BCUT2D eigenvalue weighted by atomic mass is 32.2. The Morgan fingerprint density at radius 2 is 1.86 bits per heavy atom. The normalized spacial score (nSPS) is 12.9. The zero-order valence-electron chi connectivity index (χ0n) is 12.5. The molecule has 0 spiro atoms. The summed E-state index contributed by atoms with van der Waals surface area (Å²) in [5.41, 5.74) is 0.259. The van der Waals surface area contributed by atoms with Crippen molar-refractivity contribution in [1.29, 1.82) is 0 Å². The van der Waals surface area contributed by atoms with E-state index in [1.807, 2.05) is 0 Å². The average Bonchev–Trinajstić information content (AvgIpc) is 2.44. The summed E-state index contributed by atoms with van der Waals surface area (Å²) in [6.45, 7) is 3.38. The van der Waals surface area contributed by atoms with Gasteiger partial charge < -0.3 is 4.74 Å². The quantitative estimate of drug-likeness (QED) is 0.456. The van der Waals surface area contributed by atoms with Crippen LogP contribution in [0.4, 0.5) is 5.69 Å². The summed E-state index contributed by atoms with van der Waals surface area (Å²) in [5.74, 6) is -1.33. The summed E-state index contributed by atoms with van der Waals surface area (Å²) in [7, 11) is -2.60. The van der Waals surface area contributed by atoms with Crippen molar-refractivity contribution in [1.82, 2.24) is 4.72 Å². The number of sulfonamides is 1. The molecule has 0 unspecified atom stereocenters. The Labute approximate surface area is 128 Å². The molecule has 0 bridgehead atoms. The van der Waals surface area contributed by atoms with E-state index in [0.29, 0.717) is 5.56 Å². The van der Waals surface area contributed by atoms with Crippen LogP contribution < -0.4 is 4.72 Å². The number of esters is 1. The minimum absolute atomic E-state index is 0.122. The Morgan fingerprint density at radius 3 is 2.27 bits per heavy atom. The molecule has 0 aliphatic rings. The Bertz CT molecular complexity index is 639. The lowest BCUT2D eigenvalue weighted by Crippen LogP contribution is -2.45. The maximum Gasteiger partial charge on any atom is 0.324 e. The Kier molecular flexibility index (Phi) is 6.01. The maximum atomic E-state index is 12.1. The topological polar surface area (TPSA) is 116 Å². The number of nitrogens with zero attached hydrogens (tertiary/aromatic N) is 1. The summed E-state index contributed by atoms with van der Waals surface area (Å²) in [4.78, 5) is 21.6. The molecule has 8 nitrogen and oxygen atoms in total. The van der Waals surface area contributed by atoms with E-state index >= 15 is 0 Å². The smallest absolute Gasteiger partial charge is 0.324 e. The number of benzene rings is 1. The molecule has 122 valence electrons. The van der Waals surface area contributed by atoms with Crippen LogP contribution in [0.3, 0.4) is 0 Å². The van der Waals surface area contributed by atoms with E-state index in [1.165, 1.54) is 31.4 Å². The van der Waals surface area contributed by atoms with Gasteiger partial charge in [0.05, 0.1) is 17.8 Å². The van der Waals surface area contributed by atoms with Crippen LogP contribution in [-0.2, 0) is 25.3 Å². The molecule has 0 amide bonds. The number of hydrogen-bond donors (Lipinski definition) is 1. The fourth-order valence-electron chi connectivity index (χ4n) is 1.75. The van der Waals surface area contributed by atoms with Crippen LogP contribution in [0.2, 0.25) is 0 Å². The lowest BCUT2D eigenvalue weighted by atomic mass is 10.1. The lowest BCUT2D eigenvalue weighted by Gasteiger charge is -2.19. The Hall–Kier alpha value is -2.00. The van der Waals surface area contributed by atoms with Crippen molar-refractivity contribution in [3.8, 4) is 0 Å². The summed E-state index contributed by atoms with van der Waals surface area (Å²) in [5, 5.41) is 10.5. The molecule has 1 N–H and O–H groups in total. The van der Waals surface area contributed by atoms with Crippen LogP contribution in [-0.4, -0.2) is 32.5 Å². The number of methoxy groups -OCH3 is 1. The van der Waals surface area contributed by atoms with Crippen LogP contribution in [0, 0.1) is 16.0 Å². The molecule has 0 aromatic heterocycles. The van der Waals surface area contributed by atoms with Gasteiger partial charge in [-0.25, -0.2) is 13.1 Å². The third kappa shape index (κ3) is 5.08. The largest absolute Gasteiger partial charge is 0.468 e. The van der Waals surface area contributed by atoms with Gasteiger partial charge >= 0.3 is 5.97 Å². The molecule has 22 heavy (non-hydrogen) atoms. The van der Waals surface area contributed by atoms with Gasteiger partial charge in [0.1, 0.15) is 6.04 Å². The zero-order valence-corrected chi connectivity index (χ0v) is 13.3. The zero-order chi connectivity index (χ0) is 16.9. The number of carbonyl (C=O) groups is 1. The lowest BCUT2D eigenvalue weighted by molar-refractivity contribution is -0.384. The van der Waals surface area contributed by atoms with Crippen molar-refractivity contribution in [2.75, 3.05) is 7.11 Å². The van der Waals surface area contributed by atoms with Crippen LogP contribution >= 0.6 is 0 Å². The van der Waals surface area contributed by atoms with Crippen molar-refractivity contribution < 1.29 is 22.9 Å². The van der Waals surface area contributed by atoms with Crippen molar-refractivity contribution in [3.63, 3.8) is 0 Å². The predicted octanol–water partition coefficient (Wildman–Crippen LogP) is 1.21. The number of nitro groups is 1. The molecule has 0 radical (unpaired) electrons. The van der Waals surface area contributed by atoms with E-state index in [0.717, 1.165) is 0 Å². The monoisotopic (exact) mass is 330 g/mol. The molecule has 0 fully saturated rings. The van der Waals surface area contributed by atoms with Crippen LogP contribution in [0.15, 0.2) is 24.3 Å². The van der Waals surface area contributed by atoms with Crippen LogP contribution in [0.5, 0.6) is 0 Å². The third-order valence-corrected chi connectivity index (χ3v) is 4.26. The molecule has 9 heteroatoms. The first-order chi connectivity index (χ1) is 10.2. The van der Waals surface area contributed by atoms with E-state index in [1.54, 1.807) is 13.8 Å². The fraction of sp³-hybridized carbons (Fsp3) is 0.462. The molecule has 0 aliphatic carbocycles. The van der Waals surface area contributed by atoms with Gasteiger partial charge in [-0.1, -0.05) is 26.0 Å². The highest BCUT2D eigenvalue weighted by Gasteiger charge is 2.28. The number of non-ortho nitro benzene ring substituents is 1.